The first-order valence-electron chi connectivity index (χ1n) is 6.31. The molecule has 0 amide bonds. The molecule has 0 aliphatic rings. The van der Waals surface area contributed by atoms with Crippen molar-refractivity contribution in [2.24, 2.45) is 10.2 Å². The van der Waals surface area contributed by atoms with Gasteiger partial charge in [0.15, 0.2) is 0 Å². The second-order valence-electron chi connectivity index (χ2n) is 6.88. The van der Waals surface area contributed by atoms with Gasteiger partial charge in [-0.25, -0.2) is 0 Å². The number of para-hydroxylation sites is 1. The van der Waals surface area contributed by atoms with Gasteiger partial charge in [0.2, 0.25) is 0 Å². The second-order valence-corrected chi connectivity index (χ2v) is 12.3. The van der Waals surface area contributed by atoms with E-state index in [1.165, 1.54) is 0 Å². The fraction of sp³-hybridized carbons (Fsp3) is 0.571. The van der Waals surface area contributed by atoms with E-state index in [2.05, 4.69) is 50.6 Å². The molecule has 1 N–H and O–H groups in total. The van der Waals surface area contributed by atoms with Crippen LogP contribution in [0.4, 0.5) is 5.69 Å². The molecule has 0 saturated carbocycles. The van der Waals surface area contributed by atoms with E-state index in [1.54, 1.807) is 6.07 Å². The molecule has 0 spiro atoms. The first-order chi connectivity index (χ1) is 8.11. The normalized spacial score (nSPS) is 13.2. The Kier molecular flexibility index (Phi) is 4.32. The maximum absolute atomic E-state index is 10.2. The maximum Gasteiger partial charge on any atom is 0.146 e. The number of nitrogens with zero attached hydrogens (tertiary/aromatic N) is 2. The molecular weight excluding hydrogens is 240 g/mol. The standard InChI is InChI=1S/C14H24N2OSi/c1-14(2,3)11-8-7-9-12(13(11)17)16-15-10-18(4,5)6/h7-9,17H,10H2,1-6H3. The number of rotatable bonds is 3. The molecule has 0 unspecified atom stereocenters. The average Bonchev–Trinajstić information content (AvgIpc) is 2.17. The fourth-order valence-corrected chi connectivity index (χ4v) is 2.04. The lowest BCUT2D eigenvalue weighted by Crippen LogP contribution is -2.24. The molecule has 100 valence electrons. The summed E-state index contributed by atoms with van der Waals surface area (Å²) in [5.74, 6) is 0.254. The van der Waals surface area contributed by atoms with E-state index in [0.717, 1.165) is 11.7 Å². The minimum atomic E-state index is -1.22. The summed E-state index contributed by atoms with van der Waals surface area (Å²) in [4.78, 5) is 0. The zero-order valence-electron chi connectivity index (χ0n) is 12.3. The predicted octanol–water partition coefficient (Wildman–Crippen LogP) is 4.65. The van der Waals surface area contributed by atoms with Crippen molar-refractivity contribution >= 4 is 13.8 Å². The summed E-state index contributed by atoms with van der Waals surface area (Å²) in [7, 11) is -1.22. The summed E-state index contributed by atoms with van der Waals surface area (Å²) in [5, 5.41) is 18.6. The molecule has 0 aromatic heterocycles. The summed E-state index contributed by atoms with van der Waals surface area (Å²) < 4.78 is 0. The summed E-state index contributed by atoms with van der Waals surface area (Å²) in [5.41, 5.74) is 1.39. The Hall–Kier alpha value is -1.16. The third kappa shape index (κ3) is 4.26. The molecule has 18 heavy (non-hydrogen) atoms. The molecule has 1 aromatic rings. The molecule has 1 aromatic carbocycles. The highest BCUT2D eigenvalue weighted by Crippen LogP contribution is 2.37. The molecule has 0 aliphatic heterocycles. The number of benzene rings is 1. The number of aromatic hydroxyl groups is 1. The Balaban J connectivity index is 2.99. The third-order valence-electron chi connectivity index (χ3n) is 2.55. The summed E-state index contributed by atoms with van der Waals surface area (Å²) in [6, 6.07) is 5.66. The van der Waals surface area contributed by atoms with Crippen molar-refractivity contribution in [3.63, 3.8) is 0 Å². The van der Waals surface area contributed by atoms with Gasteiger partial charge in [-0.2, -0.15) is 10.2 Å². The van der Waals surface area contributed by atoms with Crippen molar-refractivity contribution in [1.29, 1.82) is 0 Å². The van der Waals surface area contributed by atoms with E-state index in [4.69, 9.17) is 0 Å². The average molecular weight is 264 g/mol. The van der Waals surface area contributed by atoms with Gasteiger partial charge in [-0.1, -0.05) is 52.5 Å². The highest BCUT2D eigenvalue weighted by atomic mass is 28.3. The van der Waals surface area contributed by atoms with E-state index >= 15 is 0 Å². The number of azo groups is 1. The van der Waals surface area contributed by atoms with Crippen LogP contribution in [-0.2, 0) is 5.41 Å². The minimum absolute atomic E-state index is 0.0889. The van der Waals surface area contributed by atoms with Crippen molar-refractivity contribution in [2.75, 3.05) is 6.17 Å². The molecule has 0 radical (unpaired) electrons. The number of phenolic OH excluding ortho intramolecular Hbond substituents is 1. The van der Waals surface area contributed by atoms with Crippen LogP contribution < -0.4 is 0 Å². The van der Waals surface area contributed by atoms with Crippen LogP contribution in [0.2, 0.25) is 19.6 Å². The van der Waals surface area contributed by atoms with Gasteiger partial charge in [-0.3, -0.25) is 0 Å². The number of hydrogen-bond donors (Lipinski definition) is 1. The zero-order valence-corrected chi connectivity index (χ0v) is 13.3. The van der Waals surface area contributed by atoms with Crippen LogP contribution in [0.1, 0.15) is 26.3 Å². The number of phenols is 1. The monoisotopic (exact) mass is 264 g/mol. The van der Waals surface area contributed by atoms with Gasteiger partial charge in [0.05, 0.1) is 14.2 Å². The Morgan fingerprint density at radius 2 is 1.78 bits per heavy atom. The van der Waals surface area contributed by atoms with Gasteiger partial charge in [0.1, 0.15) is 11.4 Å². The van der Waals surface area contributed by atoms with Crippen LogP contribution in [0.15, 0.2) is 28.4 Å². The van der Waals surface area contributed by atoms with E-state index in [-0.39, 0.29) is 11.2 Å². The van der Waals surface area contributed by atoms with Gasteiger partial charge in [0, 0.05) is 5.56 Å². The van der Waals surface area contributed by atoms with Gasteiger partial charge in [-0.05, 0) is 11.5 Å². The third-order valence-corrected chi connectivity index (χ3v) is 3.64. The maximum atomic E-state index is 10.2. The van der Waals surface area contributed by atoms with Gasteiger partial charge in [0.25, 0.3) is 0 Å². The summed E-state index contributed by atoms with van der Waals surface area (Å²) >= 11 is 0. The first-order valence-corrected chi connectivity index (χ1v) is 10.0. The van der Waals surface area contributed by atoms with E-state index in [1.807, 2.05) is 12.1 Å². The lowest BCUT2D eigenvalue weighted by Gasteiger charge is -2.20. The van der Waals surface area contributed by atoms with Gasteiger partial charge >= 0.3 is 0 Å². The Bertz CT molecular complexity index is 442. The first kappa shape index (κ1) is 14.9. The molecule has 0 atom stereocenters. The molecule has 4 heteroatoms. The lowest BCUT2D eigenvalue weighted by molar-refractivity contribution is 0.447. The smallest absolute Gasteiger partial charge is 0.146 e. The lowest BCUT2D eigenvalue weighted by atomic mass is 9.86. The van der Waals surface area contributed by atoms with Gasteiger partial charge in [-0.15, -0.1) is 0 Å². The summed E-state index contributed by atoms with van der Waals surface area (Å²) in [6.07, 6.45) is 0.784. The van der Waals surface area contributed by atoms with E-state index < -0.39 is 8.07 Å². The van der Waals surface area contributed by atoms with Gasteiger partial charge < -0.3 is 5.11 Å². The largest absolute Gasteiger partial charge is 0.505 e. The second kappa shape index (κ2) is 5.22. The van der Waals surface area contributed by atoms with E-state index in [9.17, 15) is 5.11 Å². The quantitative estimate of drug-likeness (QED) is 0.626. The van der Waals surface area contributed by atoms with Crippen LogP contribution in [0, 0.1) is 0 Å². The van der Waals surface area contributed by atoms with Crippen molar-refractivity contribution in [1.82, 2.24) is 0 Å². The predicted molar refractivity (Wildman–Crippen MR) is 79.5 cm³/mol. The SMILES string of the molecule is CC(C)(C)c1cccc(N=NC[Si](C)(C)C)c1O. The van der Waals surface area contributed by atoms with Crippen molar-refractivity contribution < 1.29 is 5.11 Å². The van der Waals surface area contributed by atoms with Crippen LogP contribution in [0.5, 0.6) is 5.75 Å². The highest BCUT2D eigenvalue weighted by molar-refractivity contribution is 6.76. The summed E-state index contributed by atoms with van der Waals surface area (Å²) in [6.45, 7) is 13.0. The fourth-order valence-electron chi connectivity index (χ4n) is 1.54. The topological polar surface area (TPSA) is 45.0 Å². The molecule has 0 saturated heterocycles. The van der Waals surface area contributed by atoms with Crippen LogP contribution in [0.3, 0.4) is 0 Å². The molecule has 0 bridgehead atoms. The van der Waals surface area contributed by atoms with Crippen LogP contribution in [-0.4, -0.2) is 19.3 Å². The molecule has 0 aliphatic carbocycles. The van der Waals surface area contributed by atoms with Crippen LogP contribution in [0.25, 0.3) is 0 Å². The highest BCUT2D eigenvalue weighted by Gasteiger charge is 2.19. The molecule has 1 rings (SSSR count). The van der Waals surface area contributed by atoms with Crippen molar-refractivity contribution in [3.8, 4) is 5.75 Å². The Labute approximate surface area is 111 Å². The number of hydrogen-bond acceptors (Lipinski definition) is 3. The zero-order chi connectivity index (χ0) is 14.0. The molecule has 3 nitrogen and oxygen atoms in total. The minimum Gasteiger partial charge on any atom is -0.505 e. The van der Waals surface area contributed by atoms with Crippen LogP contribution >= 0.6 is 0 Å². The molecule has 0 heterocycles. The Morgan fingerprint density at radius 1 is 1.17 bits per heavy atom. The van der Waals surface area contributed by atoms with E-state index in [0.29, 0.717) is 5.69 Å². The van der Waals surface area contributed by atoms with Crippen molar-refractivity contribution in [2.45, 2.75) is 45.8 Å². The van der Waals surface area contributed by atoms with Crippen molar-refractivity contribution in [3.05, 3.63) is 23.8 Å². The molecular formula is C14H24N2OSi. The molecule has 0 fully saturated rings. The Morgan fingerprint density at radius 3 is 2.28 bits per heavy atom.